The fraction of sp³-hybridized carbons (Fsp3) is 0.364. The lowest BCUT2D eigenvalue weighted by molar-refractivity contribution is 0.0753. The first-order valence-electron chi connectivity index (χ1n) is 9.61. The van der Waals surface area contributed by atoms with E-state index in [1.54, 1.807) is 12.3 Å². The summed E-state index contributed by atoms with van der Waals surface area (Å²) in [5, 5.41) is 1.19. The molecule has 0 unspecified atom stereocenters. The maximum absolute atomic E-state index is 12.7. The van der Waals surface area contributed by atoms with Crippen molar-refractivity contribution >= 4 is 16.8 Å². The molecule has 1 amide bonds. The van der Waals surface area contributed by atoms with E-state index in [9.17, 15) is 4.79 Å². The van der Waals surface area contributed by atoms with E-state index in [4.69, 9.17) is 0 Å². The second-order valence-corrected chi connectivity index (χ2v) is 7.31. The Morgan fingerprint density at radius 2 is 2.04 bits per heavy atom. The molecule has 1 atom stereocenters. The van der Waals surface area contributed by atoms with Crippen molar-refractivity contribution in [3.63, 3.8) is 0 Å². The molecule has 0 aliphatic carbocycles. The quantitative estimate of drug-likeness (QED) is 0.712. The molecule has 3 heterocycles. The van der Waals surface area contributed by atoms with Crippen LogP contribution < -0.4 is 0 Å². The zero-order valence-electron chi connectivity index (χ0n) is 15.6. The molecule has 2 aromatic heterocycles. The molecule has 1 aromatic carbocycles. The summed E-state index contributed by atoms with van der Waals surface area (Å²) in [4.78, 5) is 27.5. The molecule has 0 spiro atoms. The van der Waals surface area contributed by atoms with Crippen molar-refractivity contribution in [1.29, 1.82) is 0 Å². The van der Waals surface area contributed by atoms with E-state index in [1.165, 1.54) is 10.9 Å². The molecular formula is C22H24N4O. The monoisotopic (exact) mass is 360 g/mol. The highest BCUT2D eigenvalue weighted by Gasteiger charge is 2.22. The van der Waals surface area contributed by atoms with E-state index in [0.717, 1.165) is 44.3 Å². The average molecular weight is 360 g/mol. The molecule has 0 N–H and O–H groups in total. The van der Waals surface area contributed by atoms with Crippen molar-refractivity contribution in [2.75, 3.05) is 13.1 Å². The van der Waals surface area contributed by atoms with Gasteiger partial charge in [0.15, 0.2) is 0 Å². The van der Waals surface area contributed by atoms with Gasteiger partial charge in [-0.15, -0.1) is 0 Å². The van der Waals surface area contributed by atoms with Gasteiger partial charge >= 0.3 is 0 Å². The van der Waals surface area contributed by atoms with E-state index in [0.29, 0.717) is 17.4 Å². The second kappa shape index (κ2) is 7.82. The average Bonchev–Trinajstić information content (AvgIpc) is 2.93. The number of carbonyl (C=O) groups excluding carboxylic acids is 1. The van der Waals surface area contributed by atoms with Gasteiger partial charge < -0.3 is 4.90 Å². The van der Waals surface area contributed by atoms with Crippen LogP contribution in [0.3, 0.4) is 0 Å². The van der Waals surface area contributed by atoms with E-state index < -0.39 is 0 Å². The smallest absolute Gasteiger partial charge is 0.272 e. The van der Waals surface area contributed by atoms with Gasteiger partial charge in [-0.05, 0) is 68.4 Å². The lowest BCUT2D eigenvalue weighted by atomic mass is 9.92. The minimum atomic E-state index is 0.0259. The second-order valence-electron chi connectivity index (χ2n) is 7.31. The Kier molecular flexibility index (Phi) is 5.10. The SMILES string of the molecule is Cc1nccc(C(=O)N2CCC[C@@H](Cc3ccc4ncccc4c3)CC2)n1. The van der Waals surface area contributed by atoms with Gasteiger partial charge in [-0.25, -0.2) is 9.97 Å². The Morgan fingerprint density at radius 1 is 1.11 bits per heavy atom. The fourth-order valence-corrected chi connectivity index (χ4v) is 3.90. The third kappa shape index (κ3) is 4.13. The standard InChI is InChI=1S/C22H24N4O/c1-16-23-11-8-21(25-16)22(27)26-12-3-4-17(9-13-26)14-18-6-7-20-19(15-18)5-2-10-24-20/h2,5-8,10-11,15,17H,3-4,9,12-14H2,1H3/t17-/m1/s1. The van der Waals surface area contributed by atoms with Crippen LogP contribution in [0.5, 0.6) is 0 Å². The Labute approximate surface area is 159 Å². The van der Waals surface area contributed by atoms with Gasteiger partial charge in [0.25, 0.3) is 5.91 Å². The van der Waals surface area contributed by atoms with Crippen molar-refractivity contribution < 1.29 is 4.79 Å². The van der Waals surface area contributed by atoms with Crippen molar-refractivity contribution in [2.24, 2.45) is 5.92 Å². The largest absolute Gasteiger partial charge is 0.337 e. The molecule has 3 aromatic rings. The molecule has 0 bridgehead atoms. The van der Waals surface area contributed by atoms with Crippen LogP contribution in [0.2, 0.25) is 0 Å². The maximum Gasteiger partial charge on any atom is 0.272 e. The van der Waals surface area contributed by atoms with Crippen LogP contribution in [0.4, 0.5) is 0 Å². The molecule has 1 aliphatic heterocycles. The van der Waals surface area contributed by atoms with Crippen LogP contribution in [0.15, 0.2) is 48.8 Å². The highest BCUT2D eigenvalue weighted by molar-refractivity contribution is 5.92. The van der Waals surface area contributed by atoms with Gasteiger partial charge in [0.2, 0.25) is 0 Å². The topological polar surface area (TPSA) is 59.0 Å². The number of nitrogens with zero attached hydrogens (tertiary/aromatic N) is 4. The van der Waals surface area contributed by atoms with E-state index in [1.807, 2.05) is 24.1 Å². The van der Waals surface area contributed by atoms with Crippen LogP contribution >= 0.6 is 0 Å². The summed E-state index contributed by atoms with van der Waals surface area (Å²) in [5.41, 5.74) is 2.90. The van der Waals surface area contributed by atoms with Crippen molar-refractivity contribution in [3.05, 3.63) is 65.9 Å². The van der Waals surface area contributed by atoms with Gasteiger partial charge in [0, 0.05) is 30.9 Å². The maximum atomic E-state index is 12.7. The van der Waals surface area contributed by atoms with Gasteiger partial charge in [0.05, 0.1) is 5.52 Å². The fourth-order valence-electron chi connectivity index (χ4n) is 3.90. The number of fused-ring (bicyclic) bond motifs is 1. The molecule has 1 saturated heterocycles. The van der Waals surface area contributed by atoms with Crippen LogP contribution in [0.1, 0.15) is 41.1 Å². The first-order valence-corrected chi connectivity index (χ1v) is 9.61. The molecule has 0 saturated carbocycles. The normalized spacial score (nSPS) is 17.7. The number of pyridine rings is 1. The zero-order valence-corrected chi connectivity index (χ0v) is 15.6. The van der Waals surface area contributed by atoms with Crippen molar-refractivity contribution in [1.82, 2.24) is 19.9 Å². The molecule has 5 nitrogen and oxygen atoms in total. The van der Waals surface area contributed by atoms with Crippen LogP contribution in [0.25, 0.3) is 10.9 Å². The summed E-state index contributed by atoms with van der Waals surface area (Å²) < 4.78 is 0. The Hall–Kier alpha value is -2.82. The lowest BCUT2D eigenvalue weighted by Gasteiger charge is -2.20. The first kappa shape index (κ1) is 17.6. The molecule has 138 valence electrons. The van der Waals surface area contributed by atoms with Gasteiger partial charge in [-0.1, -0.05) is 12.1 Å². The van der Waals surface area contributed by atoms with Gasteiger partial charge in [-0.2, -0.15) is 0 Å². The van der Waals surface area contributed by atoms with Crippen LogP contribution in [-0.2, 0) is 6.42 Å². The number of likely N-dealkylation sites (tertiary alicyclic amines) is 1. The Bertz CT molecular complexity index is 956. The summed E-state index contributed by atoms with van der Waals surface area (Å²) in [7, 11) is 0. The predicted molar refractivity (Wildman–Crippen MR) is 105 cm³/mol. The predicted octanol–water partition coefficient (Wildman–Crippen LogP) is 3.82. The summed E-state index contributed by atoms with van der Waals surface area (Å²) in [5.74, 6) is 1.27. The summed E-state index contributed by atoms with van der Waals surface area (Å²) in [6.45, 7) is 3.41. The lowest BCUT2D eigenvalue weighted by Crippen LogP contribution is -2.32. The van der Waals surface area contributed by atoms with Crippen molar-refractivity contribution in [2.45, 2.75) is 32.6 Å². The number of hydrogen-bond acceptors (Lipinski definition) is 4. The molecule has 27 heavy (non-hydrogen) atoms. The third-order valence-corrected chi connectivity index (χ3v) is 5.32. The minimum absolute atomic E-state index is 0.0259. The summed E-state index contributed by atoms with van der Waals surface area (Å²) in [6, 6.07) is 12.3. The molecule has 0 radical (unpaired) electrons. The highest BCUT2D eigenvalue weighted by Crippen LogP contribution is 2.24. The Balaban J connectivity index is 1.41. The van der Waals surface area contributed by atoms with E-state index in [2.05, 4.69) is 39.2 Å². The van der Waals surface area contributed by atoms with Gasteiger partial charge in [-0.3, -0.25) is 9.78 Å². The molecule has 4 rings (SSSR count). The first-order chi connectivity index (χ1) is 13.2. The van der Waals surface area contributed by atoms with Gasteiger partial charge in [0.1, 0.15) is 11.5 Å². The number of amides is 1. The zero-order chi connectivity index (χ0) is 18.6. The number of aromatic nitrogens is 3. The number of aryl methyl sites for hydroxylation is 1. The minimum Gasteiger partial charge on any atom is -0.337 e. The summed E-state index contributed by atoms with van der Waals surface area (Å²) in [6.07, 6.45) is 7.76. The summed E-state index contributed by atoms with van der Waals surface area (Å²) >= 11 is 0. The third-order valence-electron chi connectivity index (χ3n) is 5.32. The van der Waals surface area contributed by atoms with Crippen LogP contribution in [0, 0.1) is 12.8 Å². The number of hydrogen-bond donors (Lipinski definition) is 0. The van der Waals surface area contributed by atoms with Crippen molar-refractivity contribution in [3.8, 4) is 0 Å². The number of rotatable bonds is 3. The van der Waals surface area contributed by atoms with E-state index >= 15 is 0 Å². The highest BCUT2D eigenvalue weighted by atomic mass is 16.2. The molecule has 1 fully saturated rings. The molecular weight excluding hydrogens is 336 g/mol. The number of carbonyl (C=O) groups is 1. The Morgan fingerprint density at radius 3 is 2.93 bits per heavy atom. The number of benzene rings is 1. The van der Waals surface area contributed by atoms with E-state index in [-0.39, 0.29) is 5.91 Å². The van der Waals surface area contributed by atoms with Crippen LogP contribution in [-0.4, -0.2) is 38.8 Å². The molecule has 1 aliphatic rings. The molecule has 5 heteroatoms.